The van der Waals surface area contributed by atoms with Crippen molar-refractivity contribution in [2.75, 3.05) is 0 Å². The minimum atomic E-state index is -0.0714. The Morgan fingerprint density at radius 2 is 2.71 bits per heavy atom. The number of nitrogens with zero attached hydrogens (tertiary/aromatic N) is 2. The monoisotopic (exact) mass is 160 g/mol. The van der Waals surface area contributed by atoms with Crippen LogP contribution in [-0.2, 0) is 0 Å². The van der Waals surface area contributed by atoms with Gasteiger partial charge in [0.1, 0.15) is 12.3 Å². The van der Waals surface area contributed by atoms with Crippen LogP contribution in [0.25, 0.3) is 0 Å². The van der Waals surface area contributed by atoms with Crippen LogP contribution in [0.5, 0.6) is 0 Å². The van der Waals surface area contributed by atoms with Crippen molar-refractivity contribution < 1.29 is 2.74 Å². The maximum absolute atomic E-state index is 7.06. The molecule has 36 valence electrons. The second kappa shape index (κ2) is 2.02. The molecule has 0 atom stereocenters. The highest BCUT2D eigenvalue weighted by atomic mass is 79.9. The predicted molar refractivity (Wildman–Crippen MR) is 29.7 cm³/mol. The molecule has 1 heterocycles. The zero-order chi connectivity index (χ0) is 6.85. The van der Waals surface area contributed by atoms with Crippen LogP contribution in [0.2, 0.25) is 0 Å². The topological polar surface area (TPSA) is 25.8 Å². The third kappa shape index (κ3) is 1.23. The minimum absolute atomic E-state index is 0.0714. The normalized spacial score (nSPS) is 12.7. The van der Waals surface area contributed by atoms with E-state index in [1.54, 1.807) is 0 Å². The van der Waals surface area contributed by atoms with Gasteiger partial charge >= 0.3 is 0 Å². The summed E-state index contributed by atoms with van der Waals surface area (Å²) in [6.07, 6.45) is 1.21. The summed E-state index contributed by atoms with van der Waals surface area (Å²) in [6.45, 7) is 0. The van der Waals surface area contributed by atoms with Gasteiger partial charge in [-0.3, -0.25) is 0 Å². The number of aromatic nitrogens is 2. The lowest BCUT2D eigenvalue weighted by Gasteiger charge is -1.79. The van der Waals surface area contributed by atoms with E-state index in [9.17, 15) is 0 Å². The number of rotatable bonds is 0. The molecule has 0 saturated carbocycles. The summed E-state index contributed by atoms with van der Waals surface area (Å²) in [5.74, 6) is 0. The minimum Gasteiger partial charge on any atom is -0.245 e. The van der Waals surface area contributed by atoms with Crippen molar-refractivity contribution >= 4 is 15.9 Å². The van der Waals surface area contributed by atoms with E-state index in [4.69, 9.17) is 2.74 Å². The third-order valence-electron chi connectivity index (χ3n) is 0.454. The van der Waals surface area contributed by atoms with Crippen LogP contribution in [0.15, 0.2) is 23.1 Å². The molecule has 1 rings (SSSR count). The molecule has 1 aromatic heterocycles. The highest BCUT2D eigenvalue weighted by molar-refractivity contribution is 9.10. The summed E-state index contributed by atoms with van der Waals surface area (Å²) in [4.78, 5) is 7.04. The van der Waals surface area contributed by atoms with Crippen molar-refractivity contribution in [1.82, 2.24) is 9.97 Å². The molecule has 0 amide bonds. The summed E-state index contributed by atoms with van der Waals surface area (Å²) < 4.78 is 14.3. The van der Waals surface area contributed by atoms with Gasteiger partial charge in [0, 0.05) is 6.20 Å². The first kappa shape index (κ1) is 2.77. The Morgan fingerprint density at radius 3 is 3.29 bits per heavy atom. The largest absolute Gasteiger partial charge is 0.245 e. The van der Waals surface area contributed by atoms with Gasteiger partial charge in [0.25, 0.3) is 0 Å². The molecule has 0 aliphatic carbocycles. The van der Waals surface area contributed by atoms with Gasteiger partial charge in [-0.2, -0.15) is 0 Å². The van der Waals surface area contributed by atoms with Gasteiger partial charge in [-0.1, -0.05) is 0 Å². The van der Waals surface area contributed by atoms with Crippen LogP contribution < -0.4 is 0 Å². The second-order valence-electron chi connectivity index (χ2n) is 0.905. The summed E-state index contributed by atoms with van der Waals surface area (Å²) >= 11 is 2.99. The average molecular weight is 161 g/mol. The molecule has 0 aliphatic heterocycles. The van der Waals surface area contributed by atoms with Gasteiger partial charge in [0.15, 0.2) is 0 Å². The van der Waals surface area contributed by atoms with Crippen LogP contribution in [0.4, 0.5) is 0 Å². The summed E-state index contributed by atoms with van der Waals surface area (Å²) in [5, 5.41) is 0. The molecule has 0 fully saturated rings. The summed E-state index contributed by atoms with van der Waals surface area (Å²) in [7, 11) is 0. The lowest BCUT2D eigenvalue weighted by atomic mass is 10.7. The van der Waals surface area contributed by atoms with Crippen LogP contribution in [0, 0.1) is 0 Å². The summed E-state index contributed by atoms with van der Waals surface area (Å²) in [5.41, 5.74) is 0. The van der Waals surface area contributed by atoms with Crippen molar-refractivity contribution in [2.45, 2.75) is 0 Å². The van der Waals surface area contributed by atoms with E-state index < -0.39 is 0 Å². The quantitative estimate of drug-likeness (QED) is 0.535. The van der Waals surface area contributed by atoms with Gasteiger partial charge in [0.05, 0.1) is 1.37 Å². The first-order valence-corrected chi connectivity index (χ1v) is 2.45. The van der Waals surface area contributed by atoms with Crippen LogP contribution >= 0.6 is 15.9 Å². The van der Waals surface area contributed by atoms with E-state index in [1.807, 2.05) is 0 Å². The van der Waals surface area contributed by atoms with E-state index in [0.29, 0.717) is 4.60 Å². The Morgan fingerprint density at radius 1 is 1.86 bits per heavy atom. The average Bonchev–Trinajstić information content (AvgIpc) is 1.80. The highest BCUT2D eigenvalue weighted by Gasteiger charge is 1.76. The standard InChI is InChI=1S/C4H3BrN2/c5-4-1-2-6-3-7-4/h1-3H/i1D,3D. The molecule has 0 spiro atoms. The Kier molecular flexibility index (Phi) is 0.800. The molecule has 0 radical (unpaired) electrons. The Bertz CT molecular complexity index is 228. The maximum Gasteiger partial charge on any atom is 0.116 e. The molecular formula is C4H3BrN2. The van der Waals surface area contributed by atoms with Crippen LogP contribution in [0.1, 0.15) is 2.74 Å². The zero-order valence-corrected chi connectivity index (χ0v) is 4.94. The molecule has 2 nitrogen and oxygen atoms in total. The van der Waals surface area contributed by atoms with Gasteiger partial charge in [-0.15, -0.1) is 0 Å². The fourth-order valence-electron chi connectivity index (χ4n) is 0.219. The number of halogens is 1. The first-order chi connectivity index (χ1) is 4.20. The van der Waals surface area contributed by atoms with Gasteiger partial charge in [0.2, 0.25) is 0 Å². The Hall–Kier alpha value is -0.440. The maximum atomic E-state index is 7.06. The van der Waals surface area contributed by atoms with Crippen LogP contribution in [0.3, 0.4) is 0 Å². The highest BCUT2D eigenvalue weighted by Crippen LogP contribution is 1.98. The molecular weight excluding hydrogens is 156 g/mol. The second-order valence-corrected chi connectivity index (χ2v) is 1.66. The SMILES string of the molecule is [2H]c1ncc([2H])c(Br)n1. The number of hydrogen-bond acceptors (Lipinski definition) is 2. The van der Waals surface area contributed by atoms with Crippen molar-refractivity contribution in [3.05, 3.63) is 23.1 Å². The van der Waals surface area contributed by atoms with Gasteiger partial charge < -0.3 is 0 Å². The molecule has 0 aromatic carbocycles. The zero-order valence-electron chi connectivity index (χ0n) is 5.35. The Balaban J connectivity index is 3.17. The van der Waals surface area contributed by atoms with Gasteiger partial charge in [-0.05, 0) is 22.0 Å². The molecule has 1 aromatic rings. The third-order valence-corrected chi connectivity index (χ3v) is 0.860. The van der Waals surface area contributed by atoms with Gasteiger partial charge in [-0.25, -0.2) is 9.97 Å². The van der Waals surface area contributed by atoms with E-state index in [0.717, 1.165) is 0 Å². The first-order valence-electron chi connectivity index (χ1n) is 2.66. The molecule has 3 heteroatoms. The molecule has 0 aliphatic rings. The molecule has 0 bridgehead atoms. The van der Waals surface area contributed by atoms with Crippen molar-refractivity contribution in [2.24, 2.45) is 0 Å². The molecule has 0 unspecified atom stereocenters. The predicted octanol–water partition coefficient (Wildman–Crippen LogP) is 1.24. The van der Waals surface area contributed by atoms with Crippen molar-refractivity contribution in [1.29, 1.82) is 0 Å². The van der Waals surface area contributed by atoms with Crippen molar-refractivity contribution in [3.8, 4) is 0 Å². The molecule has 0 N–H and O–H groups in total. The lowest BCUT2D eigenvalue weighted by Crippen LogP contribution is -1.72. The smallest absolute Gasteiger partial charge is 0.116 e. The van der Waals surface area contributed by atoms with Crippen molar-refractivity contribution in [3.63, 3.8) is 0 Å². The van der Waals surface area contributed by atoms with E-state index in [-0.39, 0.29) is 12.3 Å². The van der Waals surface area contributed by atoms with Crippen LogP contribution in [-0.4, -0.2) is 9.97 Å². The summed E-state index contributed by atoms with van der Waals surface area (Å²) in [6, 6.07) is 0.200. The van der Waals surface area contributed by atoms with E-state index in [2.05, 4.69) is 25.9 Å². The number of hydrogen-bond donors (Lipinski definition) is 0. The van der Waals surface area contributed by atoms with E-state index >= 15 is 0 Å². The molecule has 0 saturated heterocycles. The lowest BCUT2D eigenvalue weighted by molar-refractivity contribution is 1.14. The van der Waals surface area contributed by atoms with E-state index in [1.165, 1.54) is 6.20 Å². The Labute approximate surface area is 52.5 Å². The fraction of sp³-hybridized carbons (Fsp3) is 0. The fourth-order valence-corrected chi connectivity index (χ4v) is 0.401. The molecule has 7 heavy (non-hydrogen) atoms.